The molecule has 2 rings (SSSR count). The van der Waals surface area contributed by atoms with Crippen molar-refractivity contribution in [2.75, 3.05) is 10.2 Å². The molecule has 0 fully saturated rings. The molecule has 1 aliphatic rings. The van der Waals surface area contributed by atoms with Crippen molar-refractivity contribution in [3.63, 3.8) is 0 Å². The van der Waals surface area contributed by atoms with Crippen molar-refractivity contribution in [2.24, 2.45) is 5.73 Å². The van der Waals surface area contributed by atoms with Crippen LogP contribution in [0, 0.1) is 0 Å². The highest BCUT2D eigenvalue weighted by Crippen LogP contribution is 2.31. The Hall–Kier alpha value is -2.37. The third-order valence-corrected chi connectivity index (χ3v) is 2.79. The van der Waals surface area contributed by atoms with E-state index in [4.69, 9.17) is 5.73 Å². The van der Waals surface area contributed by atoms with E-state index >= 15 is 0 Å². The quantitative estimate of drug-likeness (QED) is 0.643. The first-order chi connectivity index (χ1) is 8.50. The van der Waals surface area contributed by atoms with Crippen LogP contribution < -0.4 is 16.0 Å². The Bertz CT molecular complexity index is 527. The number of para-hydroxylation sites is 2. The second kappa shape index (κ2) is 4.48. The summed E-state index contributed by atoms with van der Waals surface area (Å²) in [5.41, 5.74) is 6.02. The Labute approximate surface area is 104 Å². The summed E-state index contributed by atoms with van der Waals surface area (Å²) in [6, 6.07) is 6.38. The molecule has 0 saturated carbocycles. The molecule has 1 unspecified atom stereocenters. The summed E-state index contributed by atoms with van der Waals surface area (Å²) in [7, 11) is 0. The average Bonchev–Trinajstić information content (AvgIpc) is 2.42. The maximum Gasteiger partial charge on any atom is 0.316 e. The summed E-state index contributed by atoms with van der Waals surface area (Å²) < 4.78 is 0. The Morgan fingerprint density at radius 3 is 2.72 bits per heavy atom. The first kappa shape index (κ1) is 12.1. The van der Waals surface area contributed by atoms with Gasteiger partial charge in [-0.2, -0.15) is 0 Å². The van der Waals surface area contributed by atoms with E-state index < -0.39 is 17.9 Å². The van der Waals surface area contributed by atoms with Gasteiger partial charge in [0.1, 0.15) is 0 Å². The number of benzene rings is 1. The van der Waals surface area contributed by atoms with E-state index in [1.807, 2.05) is 0 Å². The van der Waals surface area contributed by atoms with Crippen LogP contribution in [0.4, 0.5) is 11.4 Å². The lowest BCUT2D eigenvalue weighted by molar-refractivity contribution is -0.136. The van der Waals surface area contributed by atoms with Crippen LogP contribution in [0.2, 0.25) is 0 Å². The van der Waals surface area contributed by atoms with Crippen LogP contribution in [-0.4, -0.2) is 23.8 Å². The van der Waals surface area contributed by atoms with Gasteiger partial charge < -0.3 is 11.1 Å². The molecule has 3 N–H and O–H groups in total. The minimum atomic E-state index is -1.04. The number of hydrogen-bond donors (Lipinski definition) is 2. The SMILES string of the molecule is CC1CC(=O)Nc2ccccc2N1C(=O)C(N)=O. The first-order valence-electron chi connectivity index (χ1n) is 5.52. The molecule has 1 aliphatic heterocycles. The van der Waals surface area contributed by atoms with Gasteiger partial charge in [-0.25, -0.2) is 0 Å². The normalized spacial score (nSPS) is 18.6. The smallest absolute Gasteiger partial charge is 0.316 e. The molecule has 1 atom stereocenters. The molecule has 0 spiro atoms. The topological polar surface area (TPSA) is 92.5 Å². The highest BCUT2D eigenvalue weighted by molar-refractivity contribution is 6.40. The summed E-state index contributed by atoms with van der Waals surface area (Å²) in [5.74, 6) is -2.05. The molecule has 1 heterocycles. The molecule has 1 aromatic carbocycles. The summed E-state index contributed by atoms with van der Waals surface area (Å²) in [5, 5.41) is 2.69. The lowest BCUT2D eigenvalue weighted by atomic mass is 10.1. The largest absolute Gasteiger partial charge is 0.361 e. The first-order valence-corrected chi connectivity index (χ1v) is 5.52. The monoisotopic (exact) mass is 247 g/mol. The summed E-state index contributed by atoms with van der Waals surface area (Å²) >= 11 is 0. The van der Waals surface area contributed by atoms with Crippen molar-refractivity contribution in [3.05, 3.63) is 24.3 Å². The van der Waals surface area contributed by atoms with Crippen LogP contribution in [0.15, 0.2) is 24.3 Å². The molecule has 0 radical (unpaired) electrons. The number of hydrogen-bond acceptors (Lipinski definition) is 3. The van der Waals surface area contributed by atoms with Crippen LogP contribution in [0.3, 0.4) is 0 Å². The van der Waals surface area contributed by atoms with E-state index in [2.05, 4.69) is 5.32 Å². The number of rotatable bonds is 0. The van der Waals surface area contributed by atoms with Crippen LogP contribution in [0.1, 0.15) is 13.3 Å². The number of nitrogens with zero attached hydrogens (tertiary/aromatic N) is 1. The maximum atomic E-state index is 11.8. The van der Waals surface area contributed by atoms with Crippen molar-refractivity contribution in [2.45, 2.75) is 19.4 Å². The molecule has 0 bridgehead atoms. The van der Waals surface area contributed by atoms with Gasteiger partial charge in [0.2, 0.25) is 5.91 Å². The Kier molecular flexibility index (Phi) is 3.01. The molecular weight excluding hydrogens is 234 g/mol. The van der Waals surface area contributed by atoms with E-state index in [0.29, 0.717) is 11.4 Å². The summed E-state index contributed by atoms with van der Waals surface area (Å²) in [6.45, 7) is 1.70. The van der Waals surface area contributed by atoms with Crippen LogP contribution in [0.25, 0.3) is 0 Å². The van der Waals surface area contributed by atoms with Gasteiger partial charge in [0, 0.05) is 12.5 Å². The number of carbonyl (C=O) groups excluding carboxylic acids is 3. The number of nitrogens with one attached hydrogen (secondary N) is 1. The molecule has 3 amide bonds. The molecular formula is C12H13N3O3. The fraction of sp³-hybridized carbons (Fsp3) is 0.250. The van der Waals surface area contributed by atoms with Gasteiger partial charge in [-0.15, -0.1) is 0 Å². The van der Waals surface area contributed by atoms with Crippen molar-refractivity contribution in [3.8, 4) is 0 Å². The molecule has 94 valence electrons. The number of carbonyl (C=O) groups is 3. The van der Waals surface area contributed by atoms with Crippen molar-refractivity contribution >= 4 is 29.1 Å². The third-order valence-electron chi connectivity index (χ3n) is 2.79. The van der Waals surface area contributed by atoms with E-state index in [1.165, 1.54) is 4.90 Å². The minimum absolute atomic E-state index is 0.119. The lowest BCUT2D eigenvalue weighted by Gasteiger charge is -2.26. The Morgan fingerprint density at radius 1 is 1.39 bits per heavy atom. The molecule has 0 aromatic heterocycles. The second-order valence-electron chi connectivity index (χ2n) is 4.16. The Morgan fingerprint density at radius 2 is 2.06 bits per heavy atom. The molecule has 0 aliphatic carbocycles. The standard InChI is InChI=1S/C12H13N3O3/c1-7-6-10(16)14-8-4-2-3-5-9(8)15(7)12(18)11(13)17/h2-5,7H,6H2,1H3,(H2,13,17)(H,14,16). The molecule has 18 heavy (non-hydrogen) atoms. The fourth-order valence-electron chi connectivity index (χ4n) is 2.02. The highest BCUT2D eigenvalue weighted by atomic mass is 16.2. The van der Waals surface area contributed by atoms with Gasteiger partial charge in [-0.1, -0.05) is 12.1 Å². The van der Waals surface area contributed by atoms with Crippen LogP contribution in [0.5, 0.6) is 0 Å². The van der Waals surface area contributed by atoms with Gasteiger partial charge in [0.25, 0.3) is 0 Å². The Balaban J connectivity index is 2.53. The zero-order valence-electron chi connectivity index (χ0n) is 9.84. The molecule has 1 aromatic rings. The van der Waals surface area contributed by atoms with E-state index in [1.54, 1.807) is 31.2 Å². The van der Waals surface area contributed by atoms with Gasteiger partial charge in [0.15, 0.2) is 0 Å². The number of amides is 3. The predicted molar refractivity (Wildman–Crippen MR) is 65.8 cm³/mol. The van der Waals surface area contributed by atoms with Crippen LogP contribution in [-0.2, 0) is 14.4 Å². The van der Waals surface area contributed by atoms with Crippen molar-refractivity contribution in [1.82, 2.24) is 0 Å². The maximum absolute atomic E-state index is 11.8. The number of primary amides is 1. The number of fused-ring (bicyclic) bond motifs is 1. The van der Waals surface area contributed by atoms with Gasteiger partial charge in [0.05, 0.1) is 11.4 Å². The second-order valence-corrected chi connectivity index (χ2v) is 4.16. The summed E-state index contributed by atoms with van der Waals surface area (Å²) in [6.07, 6.45) is 0.119. The minimum Gasteiger partial charge on any atom is -0.361 e. The molecule has 0 saturated heterocycles. The van der Waals surface area contributed by atoms with Gasteiger partial charge in [-0.3, -0.25) is 19.3 Å². The summed E-state index contributed by atoms with van der Waals surface area (Å²) in [4.78, 5) is 35.8. The van der Waals surface area contributed by atoms with Gasteiger partial charge in [-0.05, 0) is 19.1 Å². The zero-order valence-corrected chi connectivity index (χ0v) is 9.84. The number of nitrogens with two attached hydrogens (primary N) is 1. The van der Waals surface area contributed by atoms with E-state index in [-0.39, 0.29) is 12.3 Å². The fourth-order valence-corrected chi connectivity index (χ4v) is 2.02. The van der Waals surface area contributed by atoms with E-state index in [9.17, 15) is 14.4 Å². The molecule has 6 nitrogen and oxygen atoms in total. The molecule has 6 heteroatoms. The highest BCUT2D eigenvalue weighted by Gasteiger charge is 2.31. The van der Waals surface area contributed by atoms with Gasteiger partial charge >= 0.3 is 11.8 Å². The lowest BCUT2D eigenvalue weighted by Crippen LogP contribution is -2.45. The number of anilines is 2. The van der Waals surface area contributed by atoms with Crippen LogP contribution >= 0.6 is 0 Å². The average molecular weight is 247 g/mol. The van der Waals surface area contributed by atoms with E-state index in [0.717, 1.165) is 0 Å². The van der Waals surface area contributed by atoms with Crippen molar-refractivity contribution in [1.29, 1.82) is 0 Å². The predicted octanol–water partition coefficient (Wildman–Crippen LogP) is 0.236. The third kappa shape index (κ3) is 2.04. The van der Waals surface area contributed by atoms with Crippen molar-refractivity contribution < 1.29 is 14.4 Å². The zero-order chi connectivity index (χ0) is 13.3.